The first-order valence-electron chi connectivity index (χ1n) is 22.3. The van der Waals surface area contributed by atoms with Gasteiger partial charge in [0.05, 0.1) is 112 Å². The average molecular weight is 977 g/mol. The third kappa shape index (κ3) is 26.2. The number of hydrogen-bond acceptors (Lipinski definition) is 20. The summed E-state index contributed by atoms with van der Waals surface area (Å²) in [7, 11) is 3.07. The predicted molar refractivity (Wildman–Crippen MR) is 230 cm³/mol. The van der Waals surface area contributed by atoms with E-state index in [1.165, 1.54) is 23.9 Å². The Hall–Kier alpha value is -5.38. The maximum absolute atomic E-state index is 13.3. The third-order valence-corrected chi connectivity index (χ3v) is 9.16. The minimum absolute atomic E-state index is 0.00255. The van der Waals surface area contributed by atoms with E-state index >= 15 is 0 Å². The van der Waals surface area contributed by atoms with Crippen molar-refractivity contribution < 1.29 is 95.5 Å². The molecule has 0 bridgehead atoms. The maximum Gasteiger partial charge on any atom is 0.407 e. The van der Waals surface area contributed by atoms with Crippen LogP contribution in [0.15, 0.2) is 0 Å². The molecule has 68 heavy (non-hydrogen) atoms. The number of rotatable bonds is 36. The minimum atomic E-state index is -0.767. The number of ether oxygens (including phenoxy) is 8. The molecule has 2 aliphatic rings. The van der Waals surface area contributed by atoms with Crippen molar-refractivity contribution in [2.75, 3.05) is 139 Å². The summed E-state index contributed by atoms with van der Waals surface area (Å²) in [6, 6.07) is 0. The number of nitrogens with zero attached hydrogens (tertiary/aromatic N) is 5. The van der Waals surface area contributed by atoms with Gasteiger partial charge in [0.1, 0.15) is 18.7 Å². The molecule has 0 atom stereocenters. The lowest BCUT2D eigenvalue weighted by Gasteiger charge is -2.27. The van der Waals surface area contributed by atoms with Crippen LogP contribution in [-0.4, -0.2) is 229 Å². The molecule has 26 heteroatoms. The maximum atomic E-state index is 13.3. The van der Waals surface area contributed by atoms with Crippen LogP contribution in [0.1, 0.15) is 65.7 Å². The van der Waals surface area contributed by atoms with Gasteiger partial charge < -0.3 is 67.6 Å². The molecule has 2 rings (SSSR count). The molecule has 2 saturated heterocycles. The number of hydrogen-bond donors (Lipinski definition) is 1. The fraction of sp³-hybridized carbons (Fsp3) is 0.762. The van der Waals surface area contributed by atoms with Crippen molar-refractivity contribution in [3.63, 3.8) is 0 Å². The van der Waals surface area contributed by atoms with E-state index in [4.69, 9.17) is 47.6 Å². The second kappa shape index (κ2) is 33.2. The molecule has 1 N–H and O–H groups in total. The highest BCUT2D eigenvalue weighted by Gasteiger charge is 2.34. The van der Waals surface area contributed by atoms with Crippen LogP contribution in [0.25, 0.3) is 0 Å². The van der Waals surface area contributed by atoms with Crippen LogP contribution in [0.3, 0.4) is 0 Å². The zero-order valence-corrected chi connectivity index (χ0v) is 39.8. The number of imide groups is 2. The van der Waals surface area contributed by atoms with Gasteiger partial charge in [-0.1, -0.05) is 0 Å². The summed E-state index contributed by atoms with van der Waals surface area (Å²) in [6.45, 7) is 6.83. The Labute approximate surface area is 395 Å². The van der Waals surface area contributed by atoms with Crippen molar-refractivity contribution in [3.8, 4) is 0 Å². The summed E-state index contributed by atoms with van der Waals surface area (Å²) < 4.78 is 43.3. The molecule has 0 radical (unpaired) electrons. The van der Waals surface area contributed by atoms with E-state index in [0.29, 0.717) is 10.1 Å². The second-order valence-electron chi connectivity index (χ2n) is 15.9. The quantitative estimate of drug-likeness (QED) is 0.0567. The Balaban J connectivity index is 1.66. The molecule has 0 aromatic heterocycles. The van der Waals surface area contributed by atoms with Gasteiger partial charge in [-0.3, -0.25) is 33.6 Å². The van der Waals surface area contributed by atoms with Crippen LogP contribution in [0.4, 0.5) is 4.79 Å². The Morgan fingerprint density at radius 1 is 0.485 bits per heavy atom. The molecule has 0 aliphatic carbocycles. The number of hydroxylamine groups is 4. The third-order valence-electron chi connectivity index (χ3n) is 9.16. The van der Waals surface area contributed by atoms with E-state index < -0.39 is 78.1 Å². The molecular weight excluding hydrogens is 908 g/mol. The van der Waals surface area contributed by atoms with Crippen molar-refractivity contribution in [1.82, 2.24) is 30.1 Å². The summed E-state index contributed by atoms with van der Waals surface area (Å²) in [6.07, 6.45) is -1.05. The number of amides is 8. The molecule has 0 aromatic carbocycles. The first kappa shape index (κ1) is 58.7. The number of nitrogens with one attached hydrogen (secondary N) is 1. The van der Waals surface area contributed by atoms with Crippen LogP contribution >= 0.6 is 0 Å². The van der Waals surface area contributed by atoms with E-state index in [1.807, 2.05) is 0 Å². The highest BCUT2D eigenvalue weighted by atomic mass is 16.7. The highest BCUT2D eigenvalue weighted by Crippen LogP contribution is 2.14. The SMILES string of the molecule is CN(CCOCCOCCOCCC(=O)ON1C(=O)CCC1=O)C(=O)CN(CC(=O)N(C)CCOCCOCCOCCC(=O)ON1C(=O)CCC1=O)C(=O)CCOCCNC(=O)OC(C)(C)C. The Bertz CT molecular complexity index is 1540. The molecule has 0 unspecified atom stereocenters. The van der Waals surface area contributed by atoms with Crippen LogP contribution < -0.4 is 5.32 Å². The number of alkyl carbamates (subject to hydrolysis) is 1. The molecular formula is C42H68N6O20. The molecule has 2 heterocycles. The van der Waals surface area contributed by atoms with Gasteiger partial charge in [-0.05, 0) is 20.8 Å². The molecule has 0 saturated carbocycles. The van der Waals surface area contributed by atoms with E-state index in [9.17, 15) is 47.9 Å². The summed E-state index contributed by atoms with van der Waals surface area (Å²) in [5, 5.41) is 3.50. The van der Waals surface area contributed by atoms with Gasteiger partial charge in [0, 0.05) is 59.4 Å². The van der Waals surface area contributed by atoms with E-state index in [2.05, 4.69) is 5.32 Å². The first-order valence-corrected chi connectivity index (χ1v) is 22.3. The Morgan fingerprint density at radius 3 is 1.21 bits per heavy atom. The van der Waals surface area contributed by atoms with Crippen LogP contribution in [0.5, 0.6) is 0 Å². The van der Waals surface area contributed by atoms with Gasteiger partial charge in [0.25, 0.3) is 23.6 Å². The average Bonchev–Trinajstić information content (AvgIpc) is 3.77. The lowest BCUT2D eigenvalue weighted by atomic mass is 10.2. The number of carbonyl (C=O) groups is 10. The minimum Gasteiger partial charge on any atom is -0.444 e. The number of likely N-dealkylation sites (N-methyl/N-ethyl adjacent to an activating group) is 2. The zero-order valence-electron chi connectivity index (χ0n) is 39.8. The molecule has 0 spiro atoms. The Kier molecular flexibility index (Phi) is 28.7. The normalized spacial score (nSPS) is 13.8. The van der Waals surface area contributed by atoms with Gasteiger partial charge in [-0.25, -0.2) is 14.4 Å². The van der Waals surface area contributed by atoms with Crippen molar-refractivity contribution >= 4 is 59.4 Å². The lowest BCUT2D eigenvalue weighted by Crippen LogP contribution is -2.47. The second-order valence-corrected chi connectivity index (χ2v) is 15.9. The Morgan fingerprint density at radius 2 is 0.824 bits per heavy atom. The van der Waals surface area contributed by atoms with Gasteiger partial charge in [0.2, 0.25) is 17.7 Å². The van der Waals surface area contributed by atoms with Crippen LogP contribution in [0, 0.1) is 0 Å². The summed E-state index contributed by atoms with van der Waals surface area (Å²) in [4.78, 5) is 135. The van der Waals surface area contributed by atoms with Gasteiger partial charge >= 0.3 is 18.0 Å². The fourth-order valence-corrected chi connectivity index (χ4v) is 5.42. The predicted octanol–water partition coefficient (Wildman–Crippen LogP) is -1.24. The standard InChI is InChI=1S/C42H68N6O20/c1-42(2,3)66-41(58)43-13-19-59-16-10-32(49)46(30-37(54)44(4)14-20-62-24-28-64-26-22-60-17-11-39(56)67-47-33(50)6-7-34(47)51)31-38(55)45(5)15-21-63-25-29-65-27-23-61-18-12-40(57)68-48-35(52)8-9-36(48)53/h6-31H2,1-5H3,(H,43,58). The van der Waals surface area contributed by atoms with E-state index in [0.717, 1.165) is 4.90 Å². The molecule has 26 nitrogen and oxygen atoms in total. The molecule has 0 aromatic rings. The number of carbonyl (C=O) groups excluding carboxylic acids is 10. The summed E-state index contributed by atoms with van der Waals surface area (Å²) in [5.41, 5.74) is -0.668. The van der Waals surface area contributed by atoms with E-state index in [1.54, 1.807) is 20.8 Å². The topological polar surface area (TPSA) is 291 Å². The molecule has 386 valence electrons. The summed E-state index contributed by atoms with van der Waals surface area (Å²) in [5.74, 6) is -5.18. The highest BCUT2D eigenvalue weighted by molar-refractivity contribution is 6.02. The first-order chi connectivity index (χ1) is 32.4. The van der Waals surface area contributed by atoms with Crippen molar-refractivity contribution in [2.45, 2.75) is 71.3 Å². The summed E-state index contributed by atoms with van der Waals surface area (Å²) >= 11 is 0. The lowest BCUT2D eigenvalue weighted by molar-refractivity contribution is -0.198. The van der Waals surface area contributed by atoms with Crippen molar-refractivity contribution in [1.29, 1.82) is 0 Å². The van der Waals surface area contributed by atoms with Crippen molar-refractivity contribution in [3.05, 3.63) is 0 Å². The molecule has 8 amide bonds. The molecule has 2 fully saturated rings. The van der Waals surface area contributed by atoms with Gasteiger partial charge in [0.15, 0.2) is 0 Å². The van der Waals surface area contributed by atoms with Crippen molar-refractivity contribution in [2.24, 2.45) is 0 Å². The van der Waals surface area contributed by atoms with Gasteiger partial charge in [-0.15, -0.1) is 10.1 Å². The van der Waals surface area contributed by atoms with Crippen LogP contribution in [0.2, 0.25) is 0 Å². The smallest absolute Gasteiger partial charge is 0.407 e. The fourth-order valence-electron chi connectivity index (χ4n) is 5.42. The van der Waals surface area contributed by atoms with Crippen LogP contribution in [-0.2, 0) is 90.7 Å². The largest absolute Gasteiger partial charge is 0.444 e. The molecule has 2 aliphatic heterocycles. The monoisotopic (exact) mass is 976 g/mol. The zero-order chi connectivity index (χ0) is 50.3. The van der Waals surface area contributed by atoms with E-state index in [-0.39, 0.29) is 157 Å². The van der Waals surface area contributed by atoms with Gasteiger partial charge in [-0.2, -0.15) is 0 Å².